The second-order valence-corrected chi connectivity index (χ2v) is 12.2. The van der Waals surface area contributed by atoms with Crippen LogP contribution >= 0.6 is 0 Å². The van der Waals surface area contributed by atoms with E-state index in [9.17, 15) is 19.5 Å². The number of aromatic nitrogens is 2. The first-order chi connectivity index (χ1) is 21.0. The van der Waals surface area contributed by atoms with Crippen LogP contribution in [0.5, 0.6) is 5.75 Å². The van der Waals surface area contributed by atoms with Gasteiger partial charge in [-0.3, -0.25) is 9.59 Å². The lowest BCUT2D eigenvalue weighted by molar-refractivity contribution is -0.139. The van der Waals surface area contributed by atoms with E-state index >= 15 is 4.39 Å². The van der Waals surface area contributed by atoms with Crippen LogP contribution in [0.15, 0.2) is 29.1 Å². The molecule has 1 aliphatic carbocycles. The summed E-state index contributed by atoms with van der Waals surface area (Å²) in [6.07, 6.45) is 3.26. The molecular formula is C33H37FN4O6. The third-order valence-corrected chi connectivity index (χ3v) is 9.19. The van der Waals surface area contributed by atoms with Crippen molar-refractivity contribution >= 4 is 17.6 Å². The Morgan fingerprint density at radius 3 is 2.66 bits per heavy atom. The topological polar surface area (TPSA) is 123 Å². The molecule has 2 aromatic carbocycles. The van der Waals surface area contributed by atoms with Crippen molar-refractivity contribution in [2.24, 2.45) is 7.05 Å². The maximum absolute atomic E-state index is 15.4. The Bertz CT molecular complexity index is 1710. The van der Waals surface area contributed by atoms with Crippen molar-refractivity contribution < 1.29 is 28.6 Å². The summed E-state index contributed by atoms with van der Waals surface area (Å²) in [5.41, 5.74) is 4.29. The number of benzene rings is 2. The molecule has 0 radical (unpaired) electrons. The van der Waals surface area contributed by atoms with Crippen LogP contribution in [0.2, 0.25) is 0 Å². The number of aryl methyl sites for hydroxylation is 2. The van der Waals surface area contributed by atoms with Gasteiger partial charge in [0, 0.05) is 43.5 Å². The molecule has 2 aliphatic heterocycles. The summed E-state index contributed by atoms with van der Waals surface area (Å²) in [5, 5.41) is 12.6. The molecule has 1 aromatic heterocycles. The Morgan fingerprint density at radius 2 is 1.95 bits per heavy atom. The molecule has 1 atom stereocenters. The Hall–Kier alpha value is -4.25. The quantitative estimate of drug-likeness (QED) is 0.419. The van der Waals surface area contributed by atoms with E-state index in [2.05, 4.69) is 15.2 Å². The molecule has 44 heavy (non-hydrogen) atoms. The number of anilines is 1. The van der Waals surface area contributed by atoms with Crippen molar-refractivity contribution in [3.8, 4) is 17.0 Å². The molecule has 6 rings (SSSR count). The smallest absolute Gasteiger partial charge is 0.326 e. The van der Waals surface area contributed by atoms with Gasteiger partial charge in [-0.15, -0.1) is 0 Å². The van der Waals surface area contributed by atoms with Gasteiger partial charge in [0.1, 0.15) is 23.3 Å². The van der Waals surface area contributed by atoms with E-state index in [0.717, 1.165) is 29.8 Å². The van der Waals surface area contributed by atoms with Crippen molar-refractivity contribution in [2.45, 2.75) is 64.5 Å². The van der Waals surface area contributed by atoms with Gasteiger partial charge in [0.2, 0.25) is 0 Å². The van der Waals surface area contributed by atoms with Gasteiger partial charge >= 0.3 is 5.97 Å². The van der Waals surface area contributed by atoms with E-state index in [1.54, 1.807) is 36.7 Å². The van der Waals surface area contributed by atoms with E-state index in [1.807, 2.05) is 13.8 Å². The van der Waals surface area contributed by atoms with Crippen LogP contribution < -0.4 is 20.5 Å². The number of fused-ring (bicyclic) bond motifs is 1. The highest BCUT2D eigenvalue weighted by Gasteiger charge is 2.47. The van der Waals surface area contributed by atoms with Crippen LogP contribution in [0.4, 0.5) is 10.1 Å². The number of aliphatic carboxylic acids is 1. The Balaban J connectivity index is 1.26. The SMILES string of the molecule is Cc1cc(N2CCOC3(CC3)C2)cc(F)c1C(=O)N[C@@H](Cc1ccc(-c2nc(C)c(C)n(C)c2=O)c2c1CCCO2)C(=O)O. The second-order valence-electron chi connectivity index (χ2n) is 12.2. The molecule has 1 saturated carbocycles. The molecule has 232 valence electrons. The van der Waals surface area contributed by atoms with Gasteiger partial charge < -0.3 is 29.4 Å². The summed E-state index contributed by atoms with van der Waals surface area (Å²) >= 11 is 0. The molecule has 3 aromatic rings. The molecule has 11 heteroatoms. The maximum atomic E-state index is 15.4. The number of carbonyl (C=O) groups excluding carboxylic acids is 1. The molecular weight excluding hydrogens is 567 g/mol. The monoisotopic (exact) mass is 604 g/mol. The number of nitrogens with zero attached hydrogens (tertiary/aromatic N) is 3. The van der Waals surface area contributed by atoms with Crippen molar-refractivity contribution in [3.05, 3.63) is 74.1 Å². The number of morpholine rings is 1. The molecule has 0 bridgehead atoms. The number of ether oxygens (including phenoxy) is 2. The van der Waals surface area contributed by atoms with Crippen LogP contribution in [-0.2, 0) is 29.4 Å². The fourth-order valence-corrected chi connectivity index (χ4v) is 6.29. The molecule has 2 fully saturated rings. The second kappa shape index (κ2) is 11.4. The molecule has 1 amide bonds. The summed E-state index contributed by atoms with van der Waals surface area (Å²) in [7, 11) is 1.70. The minimum atomic E-state index is -1.32. The highest BCUT2D eigenvalue weighted by Crippen LogP contribution is 2.43. The van der Waals surface area contributed by atoms with Crippen molar-refractivity contribution in [2.75, 3.05) is 31.2 Å². The van der Waals surface area contributed by atoms with Crippen LogP contribution in [0.1, 0.15) is 57.7 Å². The van der Waals surface area contributed by atoms with E-state index in [1.165, 1.54) is 6.07 Å². The zero-order chi connectivity index (χ0) is 31.3. The number of hydrogen-bond acceptors (Lipinski definition) is 7. The zero-order valence-corrected chi connectivity index (χ0v) is 25.5. The summed E-state index contributed by atoms with van der Waals surface area (Å²) in [5.74, 6) is -2.22. The van der Waals surface area contributed by atoms with Crippen molar-refractivity contribution in [3.63, 3.8) is 0 Å². The fraction of sp³-hybridized carbons (Fsp3) is 0.455. The van der Waals surface area contributed by atoms with Gasteiger partial charge in [-0.25, -0.2) is 14.2 Å². The van der Waals surface area contributed by atoms with E-state index < -0.39 is 23.7 Å². The Morgan fingerprint density at radius 1 is 1.18 bits per heavy atom. The highest BCUT2D eigenvalue weighted by molar-refractivity contribution is 5.98. The number of rotatable bonds is 7. The number of nitrogens with one attached hydrogen (secondary N) is 1. The number of hydrogen-bond donors (Lipinski definition) is 2. The first-order valence-electron chi connectivity index (χ1n) is 15.0. The van der Waals surface area contributed by atoms with Gasteiger partial charge in [0.15, 0.2) is 0 Å². The Kier molecular flexibility index (Phi) is 7.69. The lowest BCUT2D eigenvalue weighted by Crippen LogP contribution is -2.44. The summed E-state index contributed by atoms with van der Waals surface area (Å²) < 4.78 is 28.9. The first kappa shape index (κ1) is 29.8. The van der Waals surface area contributed by atoms with Crippen LogP contribution in [0.3, 0.4) is 0 Å². The molecule has 1 saturated heterocycles. The lowest BCUT2D eigenvalue weighted by Gasteiger charge is -2.35. The lowest BCUT2D eigenvalue weighted by atomic mass is 9.91. The number of carboxylic acid groups (broad SMARTS) is 1. The van der Waals surface area contributed by atoms with Crippen LogP contribution in [0.25, 0.3) is 11.3 Å². The van der Waals surface area contributed by atoms with E-state index in [-0.39, 0.29) is 28.8 Å². The molecule has 2 N–H and O–H groups in total. The molecule has 0 unspecified atom stereocenters. The fourth-order valence-electron chi connectivity index (χ4n) is 6.29. The predicted octanol–water partition coefficient (Wildman–Crippen LogP) is 3.63. The van der Waals surface area contributed by atoms with Gasteiger partial charge in [-0.05, 0) is 81.3 Å². The van der Waals surface area contributed by atoms with E-state index in [0.29, 0.717) is 67.3 Å². The van der Waals surface area contributed by atoms with Gasteiger partial charge in [0.05, 0.1) is 30.1 Å². The minimum Gasteiger partial charge on any atom is -0.493 e. The van der Waals surface area contributed by atoms with Crippen LogP contribution in [0, 0.1) is 26.6 Å². The third kappa shape index (κ3) is 5.45. The van der Waals surface area contributed by atoms with Crippen molar-refractivity contribution in [1.82, 2.24) is 14.9 Å². The predicted molar refractivity (Wildman–Crippen MR) is 162 cm³/mol. The zero-order valence-electron chi connectivity index (χ0n) is 25.5. The summed E-state index contributed by atoms with van der Waals surface area (Å²) in [6, 6.07) is 5.28. The molecule has 10 nitrogen and oxygen atoms in total. The Labute approximate surface area is 254 Å². The molecule has 3 aliphatic rings. The van der Waals surface area contributed by atoms with Gasteiger partial charge in [0.25, 0.3) is 11.5 Å². The molecule has 1 spiro atoms. The normalized spacial score (nSPS) is 17.5. The van der Waals surface area contributed by atoms with Gasteiger partial charge in [-0.1, -0.05) is 6.07 Å². The largest absolute Gasteiger partial charge is 0.493 e. The number of carbonyl (C=O) groups is 2. The van der Waals surface area contributed by atoms with E-state index in [4.69, 9.17) is 9.47 Å². The average molecular weight is 605 g/mol. The van der Waals surface area contributed by atoms with Crippen molar-refractivity contribution in [1.29, 1.82) is 0 Å². The maximum Gasteiger partial charge on any atom is 0.326 e. The number of amides is 1. The highest BCUT2D eigenvalue weighted by atomic mass is 19.1. The minimum absolute atomic E-state index is 0.0416. The summed E-state index contributed by atoms with van der Waals surface area (Å²) in [6.45, 7) is 7.65. The number of carboxylic acids is 1. The average Bonchev–Trinajstić information content (AvgIpc) is 3.75. The molecule has 3 heterocycles. The first-order valence-corrected chi connectivity index (χ1v) is 15.0. The van der Waals surface area contributed by atoms with Gasteiger partial charge in [-0.2, -0.15) is 0 Å². The van der Waals surface area contributed by atoms with Crippen LogP contribution in [-0.4, -0.2) is 64.5 Å². The third-order valence-electron chi connectivity index (χ3n) is 9.19. The number of halogens is 1. The summed E-state index contributed by atoms with van der Waals surface area (Å²) in [4.78, 5) is 45.4. The standard InChI is InChI=1S/C33H37FN4O6/c1-18-14-22(38-11-13-44-33(17-38)9-10-33)16-25(34)27(18)30(39)36-26(32(41)42)15-21-7-8-24(29-23(21)6-5-12-43-29)28-31(40)37(4)20(3)19(2)35-28/h7-8,14,16,26H,5-6,9-13,15,17H2,1-4H3,(H,36,39)(H,41,42)/t26-/m0/s1.